The van der Waals surface area contributed by atoms with Gasteiger partial charge in [-0.05, 0) is 30.4 Å². The van der Waals surface area contributed by atoms with Crippen LogP contribution in [0.3, 0.4) is 0 Å². The summed E-state index contributed by atoms with van der Waals surface area (Å²) < 4.78 is 0. The van der Waals surface area contributed by atoms with Crippen LogP contribution in [0.25, 0.3) is 0 Å². The average molecular weight is 562 g/mol. The first-order valence-corrected chi connectivity index (χ1v) is 13.7. The number of carboxylic acid groups (broad SMARTS) is 1. The van der Waals surface area contributed by atoms with E-state index in [9.17, 15) is 29.1 Å². The number of primary amides is 1. The number of nitrogens with zero attached hydrogens (tertiary/aromatic N) is 1. The molecule has 0 fully saturated rings. The Morgan fingerprint density at radius 2 is 1.59 bits per heavy atom. The third-order valence-electron chi connectivity index (χ3n) is 5.78. The molecule has 1 aromatic heterocycles. The van der Waals surface area contributed by atoms with Crippen molar-refractivity contribution in [2.75, 3.05) is 12.0 Å². The number of benzene rings is 1. The number of aromatic amines is 1. The van der Waals surface area contributed by atoms with E-state index in [0.717, 1.165) is 5.56 Å². The van der Waals surface area contributed by atoms with E-state index < -0.39 is 53.8 Å². The maximum atomic E-state index is 13.4. The molecule has 14 heteroatoms. The predicted molar refractivity (Wildman–Crippen MR) is 145 cm³/mol. The number of aliphatic carboxylic acids is 1. The van der Waals surface area contributed by atoms with Gasteiger partial charge in [0.15, 0.2) is 0 Å². The van der Waals surface area contributed by atoms with E-state index in [-0.39, 0.29) is 32.1 Å². The first kappa shape index (κ1) is 31.3. The Morgan fingerprint density at radius 1 is 0.949 bits per heavy atom. The molecule has 9 N–H and O–H groups in total. The Balaban J connectivity index is 2.17. The van der Waals surface area contributed by atoms with Crippen LogP contribution in [0.4, 0.5) is 0 Å². The quantitative estimate of drug-likeness (QED) is 0.127. The monoisotopic (exact) mass is 561 g/mol. The Bertz CT molecular complexity index is 1100. The van der Waals surface area contributed by atoms with Crippen molar-refractivity contribution in [3.8, 4) is 0 Å². The summed E-state index contributed by atoms with van der Waals surface area (Å²) in [6.45, 7) is 0. The molecule has 212 valence electrons. The molecule has 0 spiro atoms. The molecule has 13 nitrogen and oxygen atoms in total. The van der Waals surface area contributed by atoms with Crippen LogP contribution in [0.2, 0.25) is 0 Å². The zero-order valence-corrected chi connectivity index (χ0v) is 22.4. The molecular formula is C25H35N7O6S. The third kappa shape index (κ3) is 11.2. The highest BCUT2D eigenvalue weighted by atomic mass is 32.2. The zero-order valence-electron chi connectivity index (χ0n) is 21.6. The van der Waals surface area contributed by atoms with Gasteiger partial charge in [-0.15, -0.1) is 0 Å². The lowest BCUT2D eigenvalue weighted by molar-refractivity contribution is -0.142. The Hall–Kier alpha value is -3.91. The molecule has 4 unspecified atom stereocenters. The van der Waals surface area contributed by atoms with Gasteiger partial charge in [0.1, 0.15) is 18.1 Å². The van der Waals surface area contributed by atoms with E-state index in [4.69, 9.17) is 11.5 Å². The Morgan fingerprint density at radius 3 is 2.18 bits per heavy atom. The number of carbonyl (C=O) groups is 5. The van der Waals surface area contributed by atoms with Crippen molar-refractivity contribution in [1.29, 1.82) is 0 Å². The SMILES string of the molecule is CSCCC(NC(=O)C(Cc1ccccc1)NC(=O)C(N)Cc1cnc[nH]1)C(=O)NC(CCC(N)=O)C(=O)O. The van der Waals surface area contributed by atoms with Crippen molar-refractivity contribution in [3.63, 3.8) is 0 Å². The van der Waals surface area contributed by atoms with E-state index in [1.54, 1.807) is 30.5 Å². The van der Waals surface area contributed by atoms with Crippen molar-refractivity contribution >= 4 is 41.4 Å². The van der Waals surface area contributed by atoms with Crippen molar-refractivity contribution in [1.82, 2.24) is 25.9 Å². The number of aromatic nitrogens is 2. The summed E-state index contributed by atoms with van der Waals surface area (Å²) in [4.78, 5) is 68.7. The van der Waals surface area contributed by atoms with Crippen molar-refractivity contribution in [2.45, 2.75) is 56.3 Å². The number of nitrogens with one attached hydrogen (secondary N) is 4. The highest BCUT2D eigenvalue weighted by molar-refractivity contribution is 7.98. The van der Waals surface area contributed by atoms with E-state index >= 15 is 0 Å². The van der Waals surface area contributed by atoms with Crippen LogP contribution in [0.1, 0.15) is 30.5 Å². The number of nitrogens with two attached hydrogens (primary N) is 2. The molecule has 0 radical (unpaired) electrons. The molecule has 0 aliphatic heterocycles. The van der Waals surface area contributed by atoms with Gasteiger partial charge in [0.2, 0.25) is 23.6 Å². The molecule has 2 aromatic rings. The average Bonchev–Trinajstić information content (AvgIpc) is 3.41. The summed E-state index contributed by atoms with van der Waals surface area (Å²) >= 11 is 1.44. The fourth-order valence-corrected chi connectivity index (χ4v) is 4.13. The van der Waals surface area contributed by atoms with Gasteiger partial charge in [0, 0.05) is 31.2 Å². The molecule has 0 aliphatic carbocycles. The third-order valence-corrected chi connectivity index (χ3v) is 6.43. The van der Waals surface area contributed by atoms with Gasteiger partial charge >= 0.3 is 5.97 Å². The standard InChI is InChI=1S/C25H35N7O6S/c1-39-10-9-18(23(35)31-19(25(37)38)7-8-21(27)33)30-24(36)20(11-15-5-3-2-4-6-15)32-22(34)17(26)12-16-13-28-14-29-16/h2-6,13-14,17-20H,7-12,26H2,1H3,(H2,27,33)(H,28,29)(H,30,36)(H,31,35)(H,32,34)(H,37,38). The van der Waals surface area contributed by atoms with Crippen molar-refractivity contribution in [3.05, 3.63) is 54.1 Å². The number of imidazole rings is 1. The minimum Gasteiger partial charge on any atom is -0.480 e. The lowest BCUT2D eigenvalue weighted by Crippen LogP contribution is -2.58. The molecule has 0 saturated carbocycles. The molecule has 4 atom stereocenters. The van der Waals surface area contributed by atoms with Crippen LogP contribution in [0, 0.1) is 0 Å². The van der Waals surface area contributed by atoms with Gasteiger partial charge in [0.25, 0.3) is 0 Å². The zero-order chi connectivity index (χ0) is 28.8. The molecule has 1 heterocycles. The van der Waals surface area contributed by atoms with Gasteiger partial charge in [-0.1, -0.05) is 30.3 Å². The lowest BCUT2D eigenvalue weighted by Gasteiger charge is -2.25. The highest BCUT2D eigenvalue weighted by Crippen LogP contribution is 2.08. The van der Waals surface area contributed by atoms with Gasteiger partial charge < -0.3 is 37.5 Å². The maximum Gasteiger partial charge on any atom is 0.326 e. The van der Waals surface area contributed by atoms with Crippen LogP contribution in [-0.2, 0) is 36.8 Å². The van der Waals surface area contributed by atoms with Gasteiger partial charge in [-0.25, -0.2) is 9.78 Å². The van der Waals surface area contributed by atoms with Crippen LogP contribution in [0.15, 0.2) is 42.9 Å². The summed E-state index contributed by atoms with van der Waals surface area (Å²) in [5.74, 6) is -3.47. The highest BCUT2D eigenvalue weighted by Gasteiger charge is 2.30. The summed E-state index contributed by atoms with van der Waals surface area (Å²) in [7, 11) is 0. The molecule has 39 heavy (non-hydrogen) atoms. The molecule has 2 rings (SSSR count). The fraction of sp³-hybridized carbons (Fsp3) is 0.440. The fourth-order valence-electron chi connectivity index (χ4n) is 3.66. The van der Waals surface area contributed by atoms with E-state index in [1.165, 1.54) is 18.1 Å². The van der Waals surface area contributed by atoms with E-state index in [2.05, 4.69) is 25.9 Å². The summed E-state index contributed by atoms with van der Waals surface area (Å²) in [6, 6.07) is 4.52. The van der Waals surface area contributed by atoms with Crippen LogP contribution < -0.4 is 27.4 Å². The van der Waals surface area contributed by atoms with E-state index in [1.807, 2.05) is 12.3 Å². The molecule has 1 aromatic carbocycles. The molecule has 4 amide bonds. The van der Waals surface area contributed by atoms with Gasteiger partial charge in [0.05, 0.1) is 12.4 Å². The predicted octanol–water partition coefficient (Wildman–Crippen LogP) is -0.920. The normalized spacial score (nSPS) is 13.9. The number of carbonyl (C=O) groups excluding carboxylic acids is 4. The second-order valence-corrected chi connectivity index (χ2v) is 9.87. The minimum atomic E-state index is -1.36. The number of carboxylic acids is 1. The summed E-state index contributed by atoms with van der Waals surface area (Å²) in [6.07, 6.45) is 4.91. The van der Waals surface area contributed by atoms with Crippen LogP contribution in [0.5, 0.6) is 0 Å². The Kier molecular flexibility index (Phi) is 13.0. The summed E-state index contributed by atoms with van der Waals surface area (Å²) in [5.41, 5.74) is 12.6. The second-order valence-electron chi connectivity index (χ2n) is 8.89. The van der Waals surface area contributed by atoms with Crippen molar-refractivity contribution in [2.24, 2.45) is 11.5 Å². The smallest absolute Gasteiger partial charge is 0.326 e. The number of amides is 4. The van der Waals surface area contributed by atoms with E-state index in [0.29, 0.717) is 11.4 Å². The van der Waals surface area contributed by atoms with Gasteiger partial charge in [-0.2, -0.15) is 11.8 Å². The molecule has 0 saturated heterocycles. The van der Waals surface area contributed by atoms with Crippen LogP contribution in [-0.4, -0.2) is 80.8 Å². The minimum absolute atomic E-state index is 0.127. The first-order valence-electron chi connectivity index (χ1n) is 12.3. The maximum absolute atomic E-state index is 13.4. The first-order chi connectivity index (χ1) is 18.6. The molecule has 0 bridgehead atoms. The van der Waals surface area contributed by atoms with Crippen LogP contribution >= 0.6 is 11.8 Å². The number of rotatable bonds is 17. The lowest BCUT2D eigenvalue weighted by atomic mass is 10.0. The Labute approximate surface area is 230 Å². The second kappa shape index (κ2) is 16.1. The number of hydrogen-bond donors (Lipinski definition) is 7. The number of hydrogen-bond acceptors (Lipinski definition) is 8. The van der Waals surface area contributed by atoms with Gasteiger partial charge in [-0.3, -0.25) is 19.2 Å². The topological polar surface area (TPSA) is 222 Å². The summed E-state index contributed by atoms with van der Waals surface area (Å²) in [5, 5.41) is 17.1. The molecular weight excluding hydrogens is 526 g/mol. The molecule has 0 aliphatic rings. The largest absolute Gasteiger partial charge is 0.480 e. The number of H-pyrrole nitrogens is 1. The van der Waals surface area contributed by atoms with Crippen molar-refractivity contribution < 1.29 is 29.1 Å². The number of thioether (sulfide) groups is 1.